The van der Waals surface area contributed by atoms with Gasteiger partial charge in [0.25, 0.3) is 5.56 Å². The summed E-state index contributed by atoms with van der Waals surface area (Å²) in [7, 11) is 1.44. The maximum atomic E-state index is 12.9. The van der Waals surface area contributed by atoms with Gasteiger partial charge in [0, 0.05) is 16.0 Å². The molecule has 2 heterocycles. The molecule has 0 radical (unpaired) electrons. The highest BCUT2D eigenvalue weighted by atomic mass is 35.5. The first-order chi connectivity index (χ1) is 12.6. The molecule has 0 aliphatic rings. The molecule has 6 nitrogen and oxygen atoms in total. The largest absolute Gasteiger partial charge is 0.504 e. The number of benzene rings is 2. The fourth-order valence-corrected chi connectivity index (χ4v) is 3.71. The molecule has 0 aliphatic heterocycles. The van der Waals surface area contributed by atoms with Crippen LogP contribution in [0.3, 0.4) is 0 Å². The molecule has 0 unspecified atom stereocenters. The first kappa shape index (κ1) is 16.6. The zero-order valence-electron chi connectivity index (χ0n) is 13.5. The molecule has 0 atom stereocenters. The van der Waals surface area contributed by atoms with Crippen LogP contribution in [-0.4, -0.2) is 27.2 Å². The molecule has 4 aromatic rings. The molecule has 8 heteroatoms. The standard InChI is InChI=1S/C18H12ClN3O3S/c1-25-15-8-12(6-7-14(15)23)22-18(24)17-13(20-21-22)9-16(26-17)10-2-4-11(19)5-3-10/h2-9,23H,1H3. The molecule has 1 N–H and O–H groups in total. The van der Waals surface area contributed by atoms with Crippen LogP contribution in [-0.2, 0) is 0 Å². The fourth-order valence-electron chi connectivity index (χ4n) is 2.56. The van der Waals surface area contributed by atoms with Crippen LogP contribution in [0.15, 0.2) is 53.3 Å². The number of phenols is 1. The predicted molar refractivity (Wildman–Crippen MR) is 102 cm³/mol. The van der Waals surface area contributed by atoms with E-state index < -0.39 is 0 Å². The molecular weight excluding hydrogens is 374 g/mol. The van der Waals surface area contributed by atoms with Crippen molar-refractivity contribution in [3.05, 3.63) is 63.9 Å². The summed E-state index contributed by atoms with van der Waals surface area (Å²) in [4.78, 5) is 13.8. The second kappa shape index (κ2) is 6.44. The third kappa shape index (κ3) is 2.81. The average molecular weight is 386 g/mol. The molecule has 4 rings (SSSR count). The topological polar surface area (TPSA) is 77.2 Å². The lowest BCUT2D eigenvalue weighted by molar-refractivity contribution is 0.373. The van der Waals surface area contributed by atoms with Gasteiger partial charge in [0.15, 0.2) is 11.5 Å². The van der Waals surface area contributed by atoms with E-state index in [9.17, 15) is 9.90 Å². The monoisotopic (exact) mass is 385 g/mol. The zero-order valence-corrected chi connectivity index (χ0v) is 15.1. The van der Waals surface area contributed by atoms with Gasteiger partial charge >= 0.3 is 0 Å². The molecule has 0 saturated carbocycles. The highest BCUT2D eigenvalue weighted by Crippen LogP contribution is 2.32. The number of fused-ring (bicyclic) bond motifs is 1. The molecular formula is C18H12ClN3O3S. The van der Waals surface area contributed by atoms with Crippen molar-refractivity contribution in [1.82, 2.24) is 15.0 Å². The Morgan fingerprint density at radius 2 is 1.92 bits per heavy atom. The molecule has 0 spiro atoms. The van der Waals surface area contributed by atoms with Crippen molar-refractivity contribution in [3.8, 4) is 27.6 Å². The summed E-state index contributed by atoms with van der Waals surface area (Å²) in [5.74, 6) is 0.240. The van der Waals surface area contributed by atoms with E-state index in [1.54, 1.807) is 18.2 Å². The summed E-state index contributed by atoms with van der Waals surface area (Å²) in [6.07, 6.45) is 0. The van der Waals surface area contributed by atoms with Crippen LogP contribution in [0.1, 0.15) is 0 Å². The van der Waals surface area contributed by atoms with E-state index in [-0.39, 0.29) is 17.1 Å². The predicted octanol–water partition coefficient (Wildman–Crippen LogP) is 3.88. The zero-order chi connectivity index (χ0) is 18.3. The summed E-state index contributed by atoms with van der Waals surface area (Å²) in [5, 5.41) is 18.5. The van der Waals surface area contributed by atoms with Gasteiger partial charge in [-0.15, -0.1) is 16.4 Å². The Kier molecular flexibility index (Phi) is 4.10. The van der Waals surface area contributed by atoms with Crippen molar-refractivity contribution < 1.29 is 9.84 Å². The fraction of sp³-hybridized carbons (Fsp3) is 0.0556. The van der Waals surface area contributed by atoms with Crippen molar-refractivity contribution in [1.29, 1.82) is 0 Å². The van der Waals surface area contributed by atoms with Crippen molar-refractivity contribution in [3.63, 3.8) is 0 Å². The number of aromatic nitrogens is 3. The Bertz CT molecular complexity index is 1170. The third-order valence-corrected chi connectivity index (χ3v) is 5.29. The van der Waals surface area contributed by atoms with Gasteiger partial charge in [-0.25, -0.2) is 0 Å². The summed E-state index contributed by atoms with van der Waals surface area (Å²) < 4.78 is 6.77. The number of aromatic hydroxyl groups is 1. The van der Waals surface area contributed by atoms with E-state index in [2.05, 4.69) is 10.3 Å². The lowest BCUT2D eigenvalue weighted by Gasteiger charge is -2.07. The van der Waals surface area contributed by atoms with Crippen LogP contribution in [0, 0.1) is 0 Å². The van der Waals surface area contributed by atoms with Crippen molar-refractivity contribution in [2.45, 2.75) is 0 Å². The normalized spacial score (nSPS) is 11.0. The number of hydrogen-bond acceptors (Lipinski definition) is 6. The highest BCUT2D eigenvalue weighted by molar-refractivity contribution is 7.22. The van der Waals surface area contributed by atoms with Crippen LogP contribution in [0.25, 0.3) is 26.3 Å². The third-order valence-electron chi connectivity index (χ3n) is 3.88. The Hall–Kier alpha value is -2.90. The summed E-state index contributed by atoms with van der Waals surface area (Å²) in [6.45, 7) is 0. The van der Waals surface area contributed by atoms with Crippen LogP contribution < -0.4 is 10.3 Å². The lowest BCUT2D eigenvalue weighted by Crippen LogP contribution is -2.21. The molecule has 0 amide bonds. The number of nitrogens with zero attached hydrogens (tertiary/aromatic N) is 3. The minimum Gasteiger partial charge on any atom is -0.504 e. The number of phenolic OH excluding ortho intramolecular Hbond substituents is 1. The molecule has 0 fully saturated rings. The Morgan fingerprint density at radius 3 is 2.65 bits per heavy atom. The van der Waals surface area contributed by atoms with Gasteiger partial charge in [-0.05, 0) is 35.9 Å². The van der Waals surface area contributed by atoms with Crippen LogP contribution in [0.2, 0.25) is 5.02 Å². The van der Waals surface area contributed by atoms with Crippen LogP contribution in [0.5, 0.6) is 11.5 Å². The lowest BCUT2D eigenvalue weighted by atomic mass is 10.2. The maximum Gasteiger partial charge on any atom is 0.292 e. The minimum absolute atomic E-state index is 0.0144. The second-order valence-corrected chi connectivity index (χ2v) is 6.98. The molecule has 26 heavy (non-hydrogen) atoms. The molecule has 0 bridgehead atoms. The smallest absolute Gasteiger partial charge is 0.292 e. The number of hydrogen-bond donors (Lipinski definition) is 1. The number of halogens is 1. The van der Waals surface area contributed by atoms with E-state index in [1.165, 1.54) is 35.3 Å². The van der Waals surface area contributed by atoms with Gasteiger partial charge in [0.2, 0.25) is 0 Å². The molecule has 0 saturated heterocycles. The minimum atomic E-state index is -0.284. The summed E-state index contributed by atoms with van der Waals surface area (Å²) in [5.41, 5.74) is 1.66. The highest BCUT2D eigenvalue weighted by Gasteiger charge is 2.14. The van der Waals surface area contributed by atoms with Gasteiger partial charge in [0.1, 0.15) is 10.2 Å². The summed E-state index contributed by atoms with van der Waals surface area (Å²) >= 11 is 7.27. The van der Waals surface area contributed by atoms with E-state index >= 15 is 0 Å². The molecule has 130 valence electrons. The van der Waals surface area contributed by atoms with Crippen molar-refractivity contribution in [2.75, 3.05) is 7.11 Å². The van der Waals surface area contributed by atoms with Crippen LogP contribution in [0.4, 0.5) is 0 Å². The van der Waals surface area contributed by atoms with Crippen LogP contribution >= 0.6 is 22.9 Å². The SMILES string of the molecule is COc1cc(-n2nnc3cc(-c4ccc(Cl)cc4)sc3c2=O)ccc1O. The first-order valence-electron chi connectivity index (χ1n) is 7.59. The van der Waals surface area contributed by atoms with Crippen molar-refractivity contribution in [2.24, 2.45) is 0 Å². The molecule has 2 aromatic heterocycles. The average Bonchev–Trinajstić information content (AvgIpc) is 3.08. The quantitative estimate of drug-likeness (QED) is 0.579. The van der Waals surface area contributed by atoms with Crippen molar-refractivity contribution >= 4 is 33.2 Å². The van der Waals surface area contributed by atoms with Gasteiger partial charge in [-0.2, -0.15) is 4.68 Å². The summed E-state index contributed by atoms with van der Waals surface area (Å²) in [6, 6.07) is 13.8. The Labute approximate surface area is 156 Å². The molecule has 0 aliphatic carbocycles. The van der Waals surface area contributed by atoms with Gasteiger partial charge in [-0.3, -0.25) is 4.79 Å². The van der Waals surface area contributed by atoms with E-state index in [4.69, 9.17) is 16.3 Å². The number of methoxy groups -OCH3 is 1. The maximum absolute atomic E-state index is 12.9. The van der Waals surface area contributed by atoms with E-state index in [0.29, 0.717) is 20.9 Å². The number of rotatable bonds is 3. The van der Waals surface area contributed by atoms with E-state index in [0.717, 1.165) is 10.4 Å². The first-order valence-corrected chi connectivity index (χ1v) is 8.79. The van der Waals surface area contributed by atoms with Gasteiger partial charge in [-0.1, -0.05) is 28.9 Å². The Morgan fingerprint density at radius 1 is 1.15 bits per heavy atom. The van der Waals surface area contributed by atoms with E-state index in [1.807, 2.05) is 18.2 Å². The second-order valence-electron chi connectivity index (χ2n) is 5.49. The number of thiophene rings is 1. The van der Waals surface area contributed by atoms with Gasteiger partial charge in [0.05, 0.1) is 12.8 Å². The molecule has 2 aromatic carbocycles. The number of ether oxygens (including phenoxy) is 1. The Balaban J connectivity index is 1.85. The van der Waals surface area contributed by atoms with Gasteiger partial charge < -0.3 is 9.84 Å².